The molecule has 49 heavy (non-hydrogen) atoms. The zero-order valence-electron chi connectivity index (χ0n) is 26.7. The molecule has 0 bridgehead atoms. The summed E-state index contributed by atoms with van der Waals surface area (Å²) < 4.78 is 0. The van der Waals surface area contributed by atoms with Gasteiger partial charge in [-0.3, -0.25) is 4.98 Å². The third-order valence-corrected chi connectivity index (χ3v) is 9.69. The SMILES string of the molecule is c1ccc(-c2nc(-c3ccc(-c4cccnc4)cc3)cc(-c3ccc4c(c3)-c3ccccc3C4(c3ccccc3)c3ccccc3)n2)cc1. The number of rotatable bonds is 6. The zero-order valence-corrected chi connectivity index (χ0v) is 26.7. The van der Waals surface area contributed by atoms with Crippen LogP contribution in [0, 0.1) is 0 Å². The normalized spacial score (nSPS) is 12.7. The van der Waals surface area contributed by atoms with Crippen molar-refractivity contribution < 1.29 is 0 Å². The van der Waals surface area contributed by atoms with Crippen LogP contribution in [0.15, 0.2) is 188 Å². The number of hydrogen-bond donors (Lipinski definition) is 0. The summed E-state index contributed by atoms with van der Waals surface area (Å²) in [5, 5.41) is 0. The van der Waals surface area contributed by atoms with E-state index in [1.807, 2.05) is 30.5 Å². The number of hydrogen-bond acceptors (Lipinski definition) is 3. The molecule has 0 saturated carbocycles. The molecule has 3 heteroatoms. The molecule has 9 rings (SSSR count). The first kappa shape index (κ1) is 28.7. The third kappa shape index (κ3) is 4.87. The molecule has 2 heterocycles. The Balaban J connectivity index is 1.23. The second kappa shape index (κ2) is 12.0. The predicted octanol–water partition coefficient (Wildman–Crippen LogP) is 10.9. The lowest BCUT2D eigenvalue weighted by molar-refractivity contribution is 0.768. The number of nitrogens with zero attached hydrogens (tertiary/aromatic N) is 3. The standard InChI is InChI=1S/C46H31N3/c1-4-13-34(14-5-1)45-48-43(33-24-22-32(23-25-33)36-15-12-28-47-31-36)30-44(49-45)35-26-27-42-40(29-35)39-20-10-11-21-41(39)46(42,37-16-6-2-7-17-37)38-18-8-3-9-19-38/h1-31H. The molecule has 0 saturated heterocycles. The maximum Gasteiger partial charge on any atom is 0.160 e. The number of pyridine rings is 1. The minimum absolute atomic E-state index is 0.435. The summed E-state index contributed by atoms with van der Waals surface area (Å²) in [6, 6.07) is 62.5. The summed E-state index contributed by atoms with van der Waals surface area (Å²) in [5.41, 5.74) is 14.2. The van der Waals surface area contributed by atoms with Gasteiger partial charge in [-0.15, -0.1) is 0 Å². The molecular weight excluding hydrogens is 595 g/mol. The first-order chi connectivity index (χ1) is 24.3. The van der Waals surface area contributed by atoms with Crippen molar-refractivity contribution in [2.75, 3.05) is 0 Å². The highest BCUT2D eigenvalue weighted by atomic mass is 14.9. The maximum atomic E-state index is 5.18. The molecule has 3 nitrogen and oxygen atoms in total. The Bertz CT molecular complexity index is 2370. The van der Waals surface area contributed by atoms with Gasteiger partial charge in [-0.25, -0.2) is 9.97 Å². The molecule has 8 aromatic rings. The van der Waals surface area contributed by atoms with Gasteiger partial charge in [0.1, 0.15) is 0 Å². The Morgan fingerprint density at radius 3 is 1.59 bits per heavy atom. The fraction of sp³-hybridized carbons (Fsp3) is 0.0217. The van der Waals surface area contributed by atoms with Crippen molar-refractivity contribution in [3.8, 4) is 56.2 Å². The fourth-order valence-corrected chi connectivity index (χ4v) is 7.43. The Morgan fingerprint density at radius 1 is 0.367 bits per heavy atom. The average molecular weight is 626 g/mol. The molecular formula is C46H31N3. The van der Waals surface area contributed by atoms with Crippen LogP contribution >= 0.6 is 0 Å². The quantitative estimate of drug-likeness (QED) is 0.185. The first-order valence-corrected chi connectivity index (χ1v) is 16.6. The van der Waals surface area contributed by atoms with Gasteiger partial charge in [-0.1, -0.05) is 158 Å². The van der Waals surface area contributed by atoms with Crippen molar-refractivity contribution in [3.63, 3.8) is 0 Å². The van der Waals surface area contributed by atoms with Gasteiger partial charge >= 0.3 is 0 Å². The summed E-state index contributed by atoms with van der Waals surface area (Å²) >= 11 is 0. The zero-order chi connectivity index (χ0) is 32.6. The summed E-state index contributed by atoms with van der Waals surface area (Å²) in [6.45, 7) is 0. The van der Waals surface area contributed by atoms with E-state index >= 15 is 0 Å². The lowest BCUT2D eigenvalue weighted by Crippen LogP contribution is -2.28. The molecule has 230 valence electrons. The van der Waals surface area contributed by atoms with Crippen LogP contribution in [0.3, 0.4) is 0 Å². The van der Waals surface area contributed by atoms with E-state index in [0.29, 0.717) is 5.82 Å². The van der Waals surface area contributed by atoms with Gasteiger partial charge in [0.2, 0.25) is 0 Å². The van der Waals surface area contributed by atoms with E-state index in [2.05, 4.69) is 157 Å². The number of fused-ring (bicyclic) bond motifs is 3. The van der Waals surface area contributed by atoms with Gasteiger partial charge in [0.15, 0.2) is 5.82 Å². The van der Waals surface area contributed by atoms with Gasteiger partial charge in [0.25, 0.3) is 0 Å². The fourth-order valence-electron chi connectivity index (χ4n) is 7.43. The molecule has 0 amide bonds. The summed E-state index contributed by atoms with van der Waals surface area (Å²) in [7, 11) is 0. The topological polar surface area (TPSA) is 38.7 Å². The van der Waals surface area contributed by atoms with E-state index in [1.54, 1.807) is 6.20 Å². The maximum absolute atomic E-state index is 5.18. The van der Waals surface area contributed by atoms with Gasteiger partial charge in [0, 0.05) is 29.1 Å². The van der Waals surface area contributed by atoms with Crippen molar-refractivity contribution in [2.24, 2.45) is 0 Å². The Morgan fingerprint density at radius 2 is 0.918 bits per heavy atom. The van der Waals surface area contributed by atoms with Gasteiger partial charge in [-0.2, -0.15) is 0 Å². The van der Waals surface area contributed by atoms with E-state index < -0.39 is 5.41 Å². The minimum atomic E-state index is -0.435. The molecule has 1 aliphatic carbocycles. The Labute approximate surface area is 286 Å². The van der Waals surface area contributed by atoms with Crippen LogP contribution in [0.25, 0.3) is 56.2 Å². The lowest BCUT2D eigenvalue weighted by atomic mass is 9.67. The van der Waals surface area contributed by atoms with Crippen LogP contribution in [0.5, 0.6) is 0 Å². The molecule has 0 atom stereocenters. The van der Waals surface area contributed by atoms with Gasteiger partial charge in [-0.05, 0) is 62.7 Å². The molecule has 0 aliphatic heterocycles. The molecule has 2 aromatic heterocycles. The van der Waals surface area contributed by atoms with Crippen LogP contribution in [0.1, 0.15) is 22.3 Å². The van der Waals surface area contributed by atoms with E-state index in [1.165, 1.54) is 33.4 Å². The van der Waals surface area contributed by atoms with Gasteiger partial charge < -0.3 is 0 Å². The van der Waals surface area contributed by atoms with E-state index in [4.69, 9.17) is 9.97 Å². The van der Waals surface area contributed by atoms with Gasteiger partial charge in [0.05, 0.1) is 16.8 Å². The second-order valence-electron chi connectivity index (χ2n) is 12.4. The van der Waals surface area contributed by atoms with Crippen molar-refractivity contribution in [1.82, 2.24) is 15.0 Å². The van der Waals surface area contributed by atoms with E-state index in [-0.39, 0.29) is 0 Å². The highest BCUT2D eigenvalue weighted by molar-refractivity contribution is 5.89. The lowest BCUT2D eigenvalue weighted by Gasteiger charge is -2.33. The van der Waals surface area contributed by atoms with Crippen molar-refractivity contribution in [2.45, 2.75) is 5.41 Å². The number of benzene rings is 6. The van der Waals surface area contributed by atoms with Crippen LogP contribution in [-0.4, -0.2) is 15.0 Å². The highest BCUT2D eigenvalue weighted by Crippen LogP contribution is 2.56. The first-order valence-electron chi connectivity index (χ1n) is 16.6. The number of aromatic nitrogens is 3. The molecule has 0 N–H and O–H groups in total. The third-order valence-electron chi connectivity index (χ3n) is 9.69. The monoisotopic (exact) mass is 625 g/mol. The van der Waals surface area contributed by atoms with Crippen molar-refractivity contribution in [1.29, 1.82) is 0 Å². The minimum Gasteiger partial charge on any atom is -0.264 e. The van der Waals surface area contributed by atoms with E-state index in [0.717, 1.165) is 39.2 Å². The smallest absolute Gasteiger partial charge is 0.160 e. The molecule has 0 radical (unpaired) electrons. The summed E-state index contributed by atoms with van der Waals surface area (Å²) in [4.78, 5) is 14.6. The van der Waals surface area contributed by atoms with Crippen molar-refractivity contribution in [3.05, 3.63) is 211 Å². The molecule has 1 aliphatic rings. The summed E-state index contributed by atoms with van der Waals surface area (Å²) in [5.74, 6) is 0.702. The van der Waals surface area contributed by atoms with E-state index in [9.17, 15) is 0 Å². The van der Waals surface area contributed by atoms with Crippen LogP contribution < -0.4 is 0 Å². The highest BCUT2D eigenvalue weighted by Gasteiger charge is 2.45. The van der Waals surface area contributed by atoms with Crippen LogP contribution in [0.2, 0.25) is 0 Å². The molecule has 0 unspecified atom stereocenters. The Kier molecular flexibility index (Phi) is 7.02. The second-order valence-corrected chi connectivity index (χ2v) is 12.4. The molecule has 6 aromatic carbocycles. The van der Waals surface area contributed by atoms with Crippen LogP contribution in [-0.2, 0) is 5.41 Å². The van der Waals surface area contributed by atoms with Crippen LogP contribution in [0.4, 0.5) is 0 Å². The molecule has 0 spiro atoms. The molecule has 0 fully saturated rings. The summed E-state index contributed by atoms with van der Waals surface area (Å²) in [6.07, 6.45) is 3.69. The largest absolute Gasteiger partial charge is 0.264 e. The predicted molar refractivity (Wildman–Crippen MR) is 199 cm³/mol. The Hall–Kier alpha value is -6.45. The van der Waals surface area contributed by atoms with Crippen molar-refractivity contribution >= 4 is 0 Å². The average Bonchev–Trinajstić information content (AvgIpc) is 3.49.